The van der Waals surface area contributed by atoms with Crippen molar-refractivity contribution in [1.82, 2.24) is 37.8 Å². The molecule has 81 heavy (non-hydrogen) atoms. The number of hydrogen-bond acceptors (Lipinski definition) is 19. The second-order valence-corrected chi connectivity index (χ2v) is 20.3. The van der Waals surface area contributed by atoms with Crippen molar-refractivity contribution in [2.75, 3.05) is 27.1 Å². The van der Waals surface area contributed by atoms with Gasteiger partial charge in [0, 0.05) is 72.6 Å². The minimum atomic E-state index is -1.01. The molecule has 0 bridgehead atoms. The summed E-state index contributed by atoms with van der Waals surface area (Å²) in [6.07, 6.45) is 9.03. The summed E-state index contributed by atoms with van der Waals surface area (Å²) in [6, 6.07) is 3.16. The molecule has 0 saturated carbocycles. The summed E-state index contributed by atoms with van der Waals surface area (Å²) in [6.45, 7) is 19.6. The Balaban J connectivity index is -0.000000998. The highest BCUT2D eigenvalue weighted by Gasteiger charge is 2.23. The van der Waals surface area contributed by atoms with Gasteiger partial charge in [-0.1, -0.05) is 14.4 Å². The third kappa shape index (κ3) is 28.8. The molecule has 0 radical (unpaired) electrons. The molecule has 0 spiro atoms. The van der Waals surface area contributed by atoms with E-state index >= 15 is 0 Å². The van der Waals surface area contributed by atoms with Gasteiger partial charge in [0.2, 0.25) is 17.5 Å². The first-order chi connectivity index (χ1) is 35.8. The summed E-state index contributed by atoms with van der Waals surface area (Å²) in [4.78, 5) is 114. The lowest BCUT2D eigenvalue weighted by molar-refractivity contribution is -0.155. The zero-order valence-electron chi connectivity index (χ0n) is 49.1. The number of hydrogen-bond donors (Lipinski definition) is 2. The maximum atomic E-state index is 12.6. The molecule has 454 valence electrons. The number of carbonyl (C=O) groups is 9. The number of halogens is 2. The van der Waals surface area contributed by atoms with Gasteiger partial charge in [0.25, 0.3) is 0 Å². The van der Waals surface area contributed by atoms with Gasteiger partial charge in [-0.2, -0.15) is 0 Å². The lowest BCUT2D eigenvalue weighted by Crippen LogP contribution is -2.25. The number of aromatic carboxylic acids is 1. The zero-order chi connectivity index (χ0) is 60.2. The molecule has 5 rings (SSSR count). The monoisotopic (exact) mass is 1180 g/mol. The van der Waals surface area contributed by atoms with E-state index in [1.54, 1.807) is 146 Å². The van der Waals surface area contributed by atoms with Crippen molar-refractivity contribution < 1.29 is 76.7 Å². The van der Waals surface area contributed by atoms with Gasteiger partial charge in [-0.3, -0.25) is 19.2 Å². The number of ketones is 2. The van der Waals surface area contributed by atoms with Crippen molar-refractivity contribution in [3.63, 3.8) is 0 Å². The Labute approximate surface area is 486 Å². The van der Waals surface area contributed by atoms with Crippen LogP contribution in [0.5, 0.6) is 0 Å². The Kier molecular flexibility index (Phi) is 32.9. The van der Waals surface area contributed by atoms with Crippen LogP contribution in [0.15, 0.2) is 43.1 Å². The van der Waals surface area contributed by atoms with E-state index in [2.05, 4.69) is 29.2 Å². The third-order valence-corrected chi connectivity index (χ3v) is 9.60. The highest BCUT2D eigenvalue weighted by molar-refractivity contribution is 5.96. The van der Waals surface area contributed by atoms with E-state index in [9.17, 15) is 43.2 Å². The van der Waals surface area contributed by atoms with Gasteiger partial charge in [0.15, 0.2) is 5.78 Å². The van der Waals surface area contributed by atoms with Crippen LogP contribution < -0.4 is 5.73 Å². The number of Topliss-reactive ketones (excluding diaryl/α,β-unsaturated/α-hetero) is 2. The summed E-state index contributed by atoms with van der Waals surface area (Å²) >= 11 is 0. The molecule has 3 N–H and O–H groups in total. The molecule has 0 aliphatic rings. The van der Waals surface area contributed by atoms with Gasteiger partial charge in [-0.15, -0.1) is 24.8 Å². The molecule has 0 aliphatic heterocycles. The van der Waals surface area contributed by atoms with Crippen LogP contribution in [0.1, 0.15) is 165 Å². The molecule has 0 saturated heterocycles. The number of carboxylic acids is 1. The summed E-state index contributed by atoms with van der Waals surface area (Å²) in [5.41, 5.74) is 6.62. The van der Waals surface area contributed by atoms with Crippen molar-refractivity contribution in [3.05, 3.63) is 94.5 Å². The first kappa shape index (κ1) is 77.4. The third-order valence-electron chi connectivity index (χ3n) is 9.60. The first-order valence-electron chi connectivity index (χ1n) is 24.1. The van der Waals surface area contributed by atoms with Crippen LogP contribution in [0.25, 0.3) is 0 Å². The highest BCUT2D eigenvalue weighted by atomic mass is 35.5. The summed E-state index contributed by atoms with van der Waals surface area (Å²) in [7, 11) is 12.2. The minimum Gasteiger partial charge on any atom is -0.477 e. The first-order valence-corrected chi connectivity index (χ1v) is 24.1. The second-order valence-electron chi connectivity index (χ2n) is 20.3. The molecule has 0 unspecified atom stereocenters. The fourth-order valence-corrected chi connectivity index (χ4v) is 6.38. The highest BCUT2D eigenvalue weighted by Crippen LogP contribution is 2.17. The van der Waals surface area contributed by atoms with Crippen LogP contribution in [-0.2, 0) is 109 Å². The molecular weight excluding hydrogens is 1100 g/mol. The van der Waals surface area contributed by atoms with E-state index in [1.165, 1.54) is 45.7 Å². The smallest absolute Gasteiger partial charge is 0.374 e. The molecule has 27 heteroatoms. The largest absolute Gasteiger partial charge is 0.477 e. The standard InChI is InChI=1S/C19H25N3O5.C12H18N2O4.C12H17NO4.C6H9N3O2.C4H8O.CH4.2ClH/c1-19(2,3)27-16(24)8-12-7-14(21(4)10-12)15(23)9-13-11-22(5)17(20-13)18(25)26-6;1-12(2,3)18-9(15)6-8-7-14(4)10(13-8)11(16)17-5;1-12(2,3)17-10(14)6-8-5-9(11(15)16)13(4)7-8;1-9-3-4(7)8-5(9)6(10)11-2;1-3-4(2)5;;;/h7,10-11H,8-9H2,1-6H3;7H,6H2,1-5H3;5,7H,6H2,1-4H3,(H,15,16);3H,7H2,1-2H3;3H2,1-2H3;1H4;2*1H. The molecule has 5 heterocycles. The Bertz CT molecular complexity index is 2910. The van der Waals surface area contributed by atoms with E-state index < -0.39 is 40.7 Å². The molecule has 0 aromatic carbocycles. The Morgan fingerprint density at radius 1 is 0.506 bits per heavy atom. The summed E-state index contributed by atoms with van der Waals surface area (Å²) in [5, 5.41) is 8.86. The van der Waals surface area contributed by atoms with Crippen LogP contribution in [0.3, 0.4) is 0 Å². The van der Waals surface area contributed by atoms with Crippen molar-refractivity contribution in [2.45, 2.75) is 132 Å². The molecule has 5 aromatic rings. The molecule has 5 aromatic heterocycles. The van der Waals surface area contributed by atoms with Gasteiger partial charge >= 0.3 is 41.8 Å². The number of imidazole rings is 3. The number of carbonyl (C=O) groups excluding carboxylic acids is 8. The maximum Gasteiger partial charge on any atom is 0.374 e. The average molecular weight is 1190 g/mol. The van der Waals surface area contributed by atoms with E-state index in [1.807, 2.05) is 6.92 Å². The van der Waals surface area contributed by atoms with Crippen molar-refractivity contribution in [3.8, 4) is 0 Å². The van der Waals surface area contributed by atoms with Crippen LogP contribution in [0.4, 0.5) is 5.82 Å². The van der Waals surface area contributed by atoms with Crippen LogP contribution >= 0.6 is 24.8 Å². The van der Waals surface area contributed by atoms with Crippen LogP contribution in [-0.4, -0.2) is 134 Å². The lowest BCUT2D eigenvalue weighted by atomic mass is 10.1. The van der Waals surface area contributed by atoms with Gasteiger partial charge in [-0.05, 0) is 92.5 Å². The topological polar surface area (TPSA) is 319 Å². The second kappa shape index (κ2) is 34.4. The van der Waals surface area contributed by atoms with Crippen molar-refractivity contribution in [1.29, 1.82) is 0 Å². The number of nitrogens with two attached hydrogens (primary N) is 1. The summed E-state index contributed by atoms with van der Waals surface area (Å²) < 4.78 is 37.0. The molecule has 0 amide bonds. The number of methoxy groups -OCH3 is 3. The predicted octanol–water partition coefficient (Wildman–Crippen LogP) is 6.81. The summed E-state index contributed by atoms with van der Waals surface area (Å²) in [5.74, 6) is -2.76. The van der Waals surface area contributed by atoms with Crippen molar-refractivity contribution in [2.24, 2.45) is 35.2 Å². The van der Waals surface area contributed by atoms with Crippen LogP contribution in [0.2, 0.25) is 0 Å². The SMILES string of the molecule is C.CCC(C)=O.COC(=O)c1nc(CC(=O)OC(C)(C)C)cn1C.COC(=O)c1nc(CC(=O)c2cc(CC(=O)OC(C)(C)C)cn2C)cn1C.COC(=O)c1nc(N)cn1C.Cl.Cl.Cn1cc(CC(=O)OC(C)(C)C)cc1C(=O)O. The number of carboxylic acid groups (broad SMARTS) is 1. The fourth-order valence-electron chi connectivity index (χ4n) is 6.38. The van der Waals surface area contributed by atoms with Gasteiger partial charge < -0.3 is 66.9 Å². The number of ether oxygens (including phenoxy) is 6. The number of esters is 6. The normalized spacial score (nSPS) is 10.4. The van der Waals surface area contributed by atoms with E-state index in [4.69, 9.17) is 25.1 Å². The quantitative estimate of drug-likeness (QED) is 0.0655. The number of nitrogen functional groups attached to an aromatic ring is 1. The number of aryl methyl sites for hydroxylation is 5. The van der Waals surface area contributed by atoms with E-state index in [-0.39, 0.29) is 111 Å². The minimum absolute atomic E-state index is 0. The lowest BCUT2D eigenvalue weighted by Gasteiger charge is -2.19. The molecule has 0 fully saturated rings. The van der Waals surface area contributed by atoms with Crippen molar-refractivity contribution >= 4 is 84.0 Å². The van der Waals surface area contributed by atoms with Gasteiger partial charge in [0.1, 0.15) is 34.1 Å². The predicted molar refractivity (Wildman–Crippen MR) is 305 cm³/mol. The molecule has 0 atom stereocenters. The van der Waals surface area contributed by atoms with E-state index in [0.29, 0.717) is 40.4 Å². The van der Waals surface area contributed by atoms with Gasteiger partial charge in [-0.25, -0.2) is 34.1 Å². The van der Waals surface area contributed by atoms with E-state index in [0.717, 1.165) is 0 Å². The maximum absolute atomic E-state index is 12.6. The average Bonchev–Trinajstić information content (AvgIpc) is 4.12. The Hall–Kier alpha value is -7.80. The Morgan fingerprint density at radius 2 is 0.815 bits per heavy atom. The molecular formula is C54H83Cl2N9O16. The fraction of sp³-hybridized carbons (Fsp3) is 0.519. The number of anilines is 1. The number of rotatable bonds is 14. The number of nitrogens with zero attached hydrogens (tertiary/aromatic N) is 8. The van der Waals surface area contributed by atoms with Gasteiger partial charge in [0.05, 0.1) is 64.1 Å². The zero-order valence-corrected chi connectivity index (χ0v) is 50.8. The molecule has 25 nitrogen and oxygen atoms in total. The van der Waals surface area contributed by atoms with Crippen LogP contribution in [0, 0.1) is 0 Å². The molecule has 0 aliphatic carbocycles. The number of aromatic nitrogens is 8. The Morgan fingerprint density at radius 3 is 1.11 bits per heavy atom.